The van der Waals surface area contributed by atoms with Crippen LogP contribution in [-0.2, 0) is 0 Å². The van der Waals surface area contributed by atoms with Gasteiger partial charge in [0.15, 0.2) is 0 Å². The van der Waals surface area contributed by atoms with Crippen molar-refractivity contribution >= 4 is 17.2 Å². The molecule has 0 spiro atoms. The van der Waals surface area contributed by atoms with Crippen molar-refractivity contribution in [2.24, 2.45) is 5.16 Å². The molecule has 2 aromatic rings. The maximum atomic E-state index is 11.9. The molecule has 1 N–H and O–H groups in total. The summed E-state index contributed by atoms with van der Waals surface area (Å²) in [5.41, 5.74) is 0.728. The first-order chi connectivity index (χ1) is 7.66. The van der Waals surface area contributed by atoms with Crippen LogP contribution in [0.5, 0.6) is 0 Å². The summed E-state index contributed by atoms with van der Waals surface area (Å²) in [7, 11) is 0. The minimum Gasteiger partial charge on any atom is -0.618 e. The van der Waals surface area contributed by atoms with Crippen LogP contribution in [0.3, 0.4) is 0 Å². The Kier molecular flexibility index (Phi) is 2.32. The van der Waals surface area contributed by atoms with Gasteiger partial charge in [0.1, 0.15) is 6.21 Å². The van der Waals surface area contributed by atoms with Gasteiger partial charge in [0.2, 0.25) is 0 Å². The van der Waals surface area contributed by atoms with E-state index in [1.54, 1.807) is 18.2 Å². The van der Waals surface area contributed by atoms with E-state index in [0.29, 0.717) is 9.46 Å². The first-order valence-corrected chi connectivity index (χ1v) is 4.58. The van der Waals surface area contributed by atoms with Gasteiger partial charge < -0.3 is 15.6 Å². The van der Waals surface area contributed by atoms with Crippen molar-refractivity contribution in [1.82, 2.24) is 0 Å². The third-order valence-electron chi connectivity index (χ3n) is 2.39. The van der Waals surface area contributed by atoms with Crippen molar-refractivity contribution in [3.05, 3.63) is 46.1 Å². The zero-order chi connectivity index (χ0) is 11.7. The van der Waals surface area contributed by atoms with Gasteiger partial charge in [0.05, 0.1) is 0 Å². The van der Waals surface area contributed by atoms with E-state index in [1.165, 1.54) is 13.0 Å². The van der Waals surface area contributed by atoms with Crippen molar-refractivity contribution in [3.8, 4) is 0 Å². The third kappa shape index (κ3) is 1.31. The van der Waals surface area contributed by atoms with E-state index in [-0.39, 0.29) is 22.4 Å². The highest BCUT2D eigenvalue weighted by Gasteiger charge is 2.22. The molecule has 0 amide bonds. The molecule has 0 radical (unpaired) electrons. The summed E-state index contributed by atoms with van der Waals surface area (Å²) >= 11 is 0. The summed E-state index contributed by atoms with van der Waals surface area (Å²) in [6.45, 7) is 1.49. The number of fused-ring (bicyclic) bond motifs is 1. The number of hydrogen-bond acceptors (Lipinski definition) is 4. The van der Waals surface area contributed by atoms with Crippen LogP contribution in [0.15, 0.2) is 29.4 Å². The predicted octanol–water partition coefficient (Wildman–Crippen LogP) is 0.223. The van der Waals surface area contributed by atoms with Crippen molar-refractivity contribution in [2.45, 2.75) is 6.92 Å². The fourth-order valence-electron chi connectivity index (χ4n) is 1.57. The molecule has 0 atom stereocenters. The van der Waals surface area contributed by atoms with E-state index in [4.69, 9.17) is 5.21 Å². The minimum absolute atomic E-state index is 0.0243. The lowest BCUT2D eigenvalue weighted by molar-refractivity contribution is -0.634. The normalized spacial score (nSPS) is 11.3. The molecule has 1 heterocycles. The zero-order valence-corrected chi connectivity index (χ0v) is 8.49. The molecule has 0 aliphatic heterocycles. The fourth-order valence-corrected chi connectivity index (χ4v) is 1.57. The van der Waals surface area contributed by atoms with Gasteiger partial charge in [0.25, 0.3) is 16.7 Å². The van der Waals surface area contributed by atoms with Gasteiger partial charge in [0, 0.05) is 19.1 Å². The molecule has 6 heteroatoms. The minimum atomic E-state index is 0.0243. The first-order valence-electron chi connectivity index (χ1n) is 4.58. The maximum absolute atomic E-state index is 11.9. The second-order valence-electron chi connectivity index (χ2n) is 3.29. The van der Waals surface area contributed by atoms with Crippen LogP contribution in [0.1, 0.15) is 11.4 Å². The molecule has 6 nitrogen and oxygen atoms in total. The fraction of sp³-hybridized carbons (Fsp3) is 0.100. The second-order valence-corrected chi connectivity index (χ2v) is 3.29. The van der Waals surface area contributed by atoms with Crippen LogP contribution in [0.2, 0.25) is 0 Å². The van der Waals surface area contributed by atoms with Gasteiger partial charge >= 0.3 is 5.69 Å². The molecule has 0 saturated heterocycles. The number of para-hydroxylation sites is 2. The standard InChI is InChI=1S/C10H9N3O3/c1-7-10(6-11-14)13(16)9-5-3-2-4-8(9)12(7)15/h2-6,14H,1H3/b11-6-. The van der Waals surface area contributed by atoms with E-state index in [0.717, 1.165) is 6.21 Å². The molecular weight excluding hydrogens is 210 g/mol. The van der Waals surface area contributed by atoms with Gasteiger partial charge in [-0.2, -0.15) is 9.46 Å². The molecule has 0 bridgehead atoms. The van der Waals surface area contributed by atoms with Crippen molar-refractivity contribution in [3.63, 3.8) is 0 Å². The molecule has 0 fully saturated rings. The summed E-state index contributed by atoms with van der Waals surface area (Å²) in [4.78, 5) is 0. The summed E-state index contributed by atoms with van der Waals surface area (Å²) in [5, 5.41) is 34.9. The van der Waals surface area contributed by atoms with E-state index in [9.17, 15) is 10.4 Å². The molecule has 1 aromatic heterocycles. The monoisotopic (exact) mass is 219 g/mol. The number of nitrogens with zero attached hydrogens (tertiary/aromatic N) is 3. The molecule has 16 heavy (non-hydrogen) atoms. The van der Waals surface area contributed by atoms with E-state index < -0.39 is 0 Å². The zero-order valence-electron chi connectivity index (χ0n) is 8.49. The highest BCUT2D eigenvalue weighted by atomic mass is 16.5. The topological polar surface area (TPSA) is 86.5 Å². The largest absolute Gasteiger partial charge is 0.618 e. The number of hydrogen-bond donors (Lipinski definition) is 1. The van der Waals surface area contributed by atoms with Crippen molar-refractivity contribution in [2.75, 3.05) is 0 Å². The smallest absolute Gasteiger partial charge is 0.307 e. The lowest BCUT2D eigenvalue weighted by Crippen LogP contribution is -2.44. The Morgan fingerprint density at radius 3 is 2.31 bits per heavy atom. The predicted molar refractivity (Wildman–Crippen MR) is 56.0 cm³/mol. The van der Waals surface area contributed by atoms with Crippen LogP contribution in [0, 0.1) is 17.3 Å². The van der Waals surface area contributed by atoms with Gasteiger partial charge in [-0.05, 0) is 0 Å². The molecule has 0 saturated carbocycles. The van der Waals surface area contributed by atoms with E-state index in [1.807, 2.05) is 0 Å². The van der Waals surface area contributed by atoms with Crippen molar-refractivity contribution in [1.29, 1.82) is 0 Å². The van der Waals surface area contributed by atoms with Crippen LogP contribution in [0.25, 0.3) is 11.0 Å². The Labute approximate surface area is 90.8 Å². The SMILES string of the molecule is Cc1c(/C=N\O)[n+]([O-])c2ccccc2[n+]1[O-]. The highest BCUT2D eigenvalue weighted by molar-refractivity contribution is 5.77. The lowest BCUT2D eigenvalue weighted by atomic mass is 10.2. The third-order valence-corrected chi connectivity index (χ3v) is 2.39. The quantitative estimate of drug-likeness (QED) is 0.245. The van der Waals surface area contributed by atoms with Crippen LogP contribution in [0.4, 0.5) is 0 Å². The maximum Gasteiger partial charge on any atom is 0.307 e. The average Bonchev–Trinajstić information content (AvgIpc) is 2.32. The summed E-state index contributed by atoms with van der Waals surface area (Å²) < 4.78 is 1.21. The van der Waals surface area contributed by atoms with Crippen LogP contribution < -0.4 is 9.46 Å². The van der Waals surface area contributed by atoms with Crippen LogP contribution >= 0.6 is 0 Å². The Bertz CT molecular complexity index is 581. The summed E-state index contributed by atoms with van der Waals surface area (Å²) in [6, 6.07) is 6.43. The molecule has 1 aromatic carbocycles. The Balaban J connectivity index is 2.94. The number of oxime groups is 1. The number of aromatic nitrogens is 2. The molecular formula is C10H9N3O3. The molecule has 0 aliphatic carbocycles. The average molecular weight is 219 g/mol. The molecule has 2 rings (SSSR count). The van der Waals surface area contributed by atoms with E-state index in [2.05, 4.69) is 5.16 Å². The number of rotatable bonds is 1. The number of benzene rings is 1. The Morgan fingerprint density at radius 2 is 1.75 bits per heavy atom. The highest BCUT2D eigenvalue weighted by Crippen LogP contribution is 2.07. The Hall–Kier alpha value is -2.37. The Morgan fingerprint density at radius 1 is 1.19 bits per heavy atom. The molecule has 0 unspecified atom stereocenters. The van der Waals surface area contributed by atoms with Gasteiger partial charge in [-0.1, -0.05) is 17.3 Å². The van der Waals surface area contributed by atoms with Gasteiger partial charge in [-0.25, -0.2) is 0 Å². The lowest BCUT2D eigenvalue weighted by Gasteiger charge is -2.08. The van der Waals surface area contributed by atoms with Crippen molar-refractivity contribution < 1.29 is 14.7 Å². The van der Waals surface area contributed by atoms with Crippen LogP contribution in [-0.4, -0.2) is 11.4 Å². The molecule has 82 valence electrons. The van der Waals surface area contributed by atoms with Gasteiger partial charge in [-0.3, -0.25) is 0 Å². The second kappa shape index (κ2) is 3.65. The first kappa shape index (κ1) is 10.2. The van der Waals surface area contributed by atoms with E-state index >= 15 is 0 Å². The summed E-state index contributed by atoms with van der Waals surface area (Å²) in [6.07, 6.45) is 0.948. The van der Waals surface area contributed by atoms with Gasteiger partial charge in [-0.15, -0.1) is 0 Å². The summed E-state index contributed by atoms with van der Waals surface area (Å²) in [5.74, 6) is 0. The molecule has 0 aliphatic rings.